The Balaban J connectivity index is 1.79. The zero-order chi connectivity index (χ0) is 30.3. The quantitative estimate of drug-likeness (QED) is 0.244. The molecule has 4 aromatic carbocycles. The highest BCUT2D eigenvalue weighted by molar-refractivity contribution is 7.92. The van der Waals surface area contributed by atoms with Crippen LogP contribution in [0.2, 0.25) is 5.02 Å². The Morgan fingerprint density at radius 3 is 2.05 bits per heavy atom. The van der Waals surface area contributed by atoms with Gasteiger partial charge in [-0.05, 0) is 54.8 Å². The van der Waals surface area contributed by atoms with Gasteiger partial charge in [0.15, 0.2) is 0 Å². The van der Waals surface area contributed by atoms with Gasteiger partial charge >= 0.3 is 0 Å². The van der Waals surface area contributed by atoms with Crippen molar-refractivity contribution in [1.82, 2.24) is 10.2 Å². The van der Waals surface area contributed by atoms with Crippen molar-refractivity contribution in [2.24, 2.45) is 0 Å². The standard InChI is InChI=1S/C33H34ClN3O4S/c1-24-14-17-27(18-15-24)22-36(31(33(39)35-3)20-26-10-6-4-7-11-26)32(38)23-37(28-19-16-25(2)30(34)21-28)42(40,41)29-12-8-5-9-13-29/h4-19,21,31H,20,22-23H2,1-3H3,(H,35,39)/t31-/m0/s1. The van der Waals surface area contributed by atoms with Gasteiger partial charge in [0.2, 0.25) is 11.8 Å². The molecule has 0 spiro atoms. The summed E-state index contributed by atoms with van der Waals surface area (Å²) in [7, 11) is -2.65. The van der Waals surface area contributed by atoms with Crippen molar-refractivity contribution < 1.29 is 18.0 Å². The molecule has 0 saturated carbocycles. The van der Waals surface area contributed by atoms with E-state index in [1.807, 2.05) is 68.4 Å². The predicted molar refractivity (Wildman–Crippen MR) is 167 cm³/mol. The summed E-state index contributed by atoms with van der Waals surface area (Å²) < 4.78 is 29.0. The summed E-state index contributed by atoms with van der Waals surface area (Å²) in [5.41, 5.74) is 3.75. The van der Waals surface area contributed by atoms with Crippen LogP contribution in [0, 0.1) is 13.8 Å². The van der Waals surface area contributed by atoms with Gasteiger partial charge in [0.1, 0.15) is 12.6 Å². The van der Waals surface area contributed by atoms with Gasteiger partial charge in [0.25, 0.3) is 10.0 Å². The molecule has 0 bridgehead atoms. The van der Waals surface area contributed by atoms with Crippen LogP contribution in [0.1, 0.15) is 22.3 Å². The molecule has 0 aromatic heterocycles. The van der Waals surface area contributed by atoms with E-state index in [2.05, 4.69) is 5.32 Å². The minimum absolute atomic E-state index is 0.0340. The summed E-state index contributed by atoms with van der Waals surface area (Å²) in [6.07, 6.45) is 0.250. The number of aryl methyl sites for hydroxylation is 2. The normalized spacial score (nSPS) is 11.9. The largest absolute Gasteiger partial charge is 0.357 e. The average molecular weight is 604 g/mol. The third-order valence-electron chi connectivity index (χ3n) is 7.04. The third kappa shape index (κ3) is 7.38. The van der Waals surface area contributed by atoms with E-state index in [1.165, 1.54) is 30.1 Å². The molecule has 0 heterocycles. The molecule has 0 radical (unpaired) electrons. The lowest BCUT2D eigenvalue weighted by molar-refractivity contribution is -0.139. The van der Waals surface area contributed by atoms with Crippen LogP contribution in [0.5, 0.6) is 0 Å². The second-order valence-corrected chi connectivity index (χ2v) is 12.4. The molecule has 1 N–H and O–H groups in total. The van der Waals surface area contributed by atoms with Gasteiger partial charge in [0, 0.05) is 25.0 Å². The lowest BCUT2D eigenvalue weighted by Crippen LogP contribution is -2.53. The van der Waals surface area contributed by atoms with Gasteiger partial charge in [-0.3, -0.25) is 13.9 Å². The van der Waals surface area contributed by atoms with E-state index in [4.69, 9.17) is 11.6 Å². The summed E-state index contributed by atoms with van der Waals surface area (Å²) >= 11 is 6.40. The van der Waals surface area contributed by atoms with Crippen molar-refractivity contribution in [3.05, 3.63) is 130 Å². The van der Waals surface area contributed by atoms with Crippen LogP contribution in [-0.4, -0.2) is 44.8 Å². The number of hydrogen-bond donors (Lipinski definition) is 1. The number of benzene rings is 4. The van der Waals surface area contributed by atoms with Crippen LogP contribution in [0.25, 0.3) is 0 Å². The van der Waals surface area contributed by atoms with E-state index in [9.17, 15) is 18.0 Å². The Bertz CT molecular complexity index is 1630. The monoisotopic (exact) mass is 603 g/mol. The molecule has 0 fully saturated rings. The Morgan fingerprint density at radius 1 is 0.833 bits per heavy atom. The van der Waals surface area contributed by atoms with Crippen LogP contribution >= 0.6 is 11.6 Å². The number of nitrogens with one attached hydrogen (secondary N) is 1. The van der Waals surface area contributed by atoms with E-state index in [1.54, 1.807) is 30.3 Å². The molecule has 218 valence electrons. The lowest BCUT2D eigenvalue weighted by atomic mass is 10.0. The Hall–Kier alpha value is -4.14. The number of anilines is 1. The van der Waals surface area contributed by atoms with E-state index < -0.39 is 28.5 Å². The summed E-state index contributed by atoms with van der Waals surface area (Å²) in [5.74, 6) is -0.883. The molecule has 0 unspecified atom stereocenters. The maximum absolute atomic E-state index is 14.3. The first-order valence-electron chi connectivity index (χ1n) is 13.5. The van der Waals surface area contributed by atoms with Gasteiger partial charge < -0.3 is 10.2 Å². The minimum atomic E-state index is -4.17. The number of rotatable bonds is 11. The van der Waals surface area contributed by atoms with Gasteiger partial charge in [-0.15, -0.1) is 0 Å². The molecule has 9 heteroatoms. The van der Waals surface area contributed by atoms with Gasteiger partial charge in [-0.25, -0.2) is 8.42 Å². The third-order valence-corrected chi connectivity index (χ3v) is 9.24. The Kier molecular flexibility index (Phi) is 10.0. The smallest absolute Gasteiger partial charge is 0.264 e. The lowest BCUT2D eigenvalue weighted by Gasteiger charge is -2.33. The van der Waals surface area contributed by atoms with Gasteiger partial charge in [0.05, 0.1) is 10.6 Å². The van der Waals surface area contributed by atoms with Gasteiger partial charge in [-0.2, -0.15) is 0 Å². The molecular formula is C33H34ClN3O4S. The zero-order valence-electron chi connectivity index (χ0n) is 23.8. The van der Waals surface area contributed by atoms with Gasteiger partial charge in [-0.1, -0.05) is 96.0 Å². The van der Waals surface area contributed by atoms with Crippen LogP contribution in [0.4, 0.5) is 5.69 Å². The fourth-order valence-electron chi connectivity index (χ4n) is 4.60. The molecule has 4 aromatic rings. The van der Waals surface area contributed by atoms with Crippen LogP contribution in [0.3, 0.4) is 0 Å². The second-order valence-electron chi connectivity index (χ2n) is 10.1. The number of nitrogens with zero attached hydrogens (tertiary/aromatic N) is 2. The maximum Gasteiger partial charge on any atom is 0.264 e. The van der Waals surface area contributed by atoms with Crippen LogP contribution in [0.15, 0.2) is 108 Å². The van der Waals surface area contributed by atoms with Crippen LogP contribution < -0.4 is 9.62 Å². The summed E-state index contributed by atoms with van der Waals surface area (Å²) in [4.78, 5) is 29.1. The number of halogens is 1. The Labute approximate surface area is 252 Å². The van der Waals surface area contributed by atoms with Crippen molar-refractivity contribution in [3.63, 3.8) is 0 Å². The van der Waals surface area contributed by atoms with Crippen molar-refractivity contribution in [2.75, 3.05) is 17.9 Å². The fourth-order valence-corrected chi connectivity index (χ4v) is 6.20. The fraction of sp³-hybridized carbons (Fsp3) is 0.212. The van der Waals surface area contributed by atoms with Crippen molar-refractivity contribution >= 4 is 39.1 Å². The molecule has 4 rings (SSSR count). The Morgan fingerprint density at radius 2 is 1.45 bits per heavy atom. The number of hydrogen-bond acceptors (Lipinski definition) is 4. The van der Waals surface area contributed by atoms with Crippen LogP contribution in [-0.2, 0) is 32.6 Å². The number of amides is 2. The molecule has 2 amide bonds. The highest BCUT2D eigenvalue weighted by Crippen LogP contribution is 2.29. The van der Waals surface area contributed by atoms with Crippen molar-refractivity contribution in [3.8, 4) is 0 Å². The number of likely N-dealkylation sites (N-methyl/N-ethyl adjacent to an activating group) is 1. The van der Waals surface area contributed by atoms with E-state index in [-0.39, 0.29) is 29.5 Å². The summed E-state index contributed by atoms with van der Waals surface area (Å²) in [5, 5.41) is 3.06. The second kappa shape index (κ2) is 13.7. The predicted octanol–water partition coefficient (Wildman–Crippen LogP) is 5.54. The maximum atomic E-state index is 14.3. The highest BCUT2D eigenvalue weighted by Gasteiger charge is 2.34. The van der Waals surface area contributed by atoms with Crippen molar-refractivity contribution in [2.45, 2.75) is 37.8 Å². The molecule has 1 atom stereocenters. The van der Waals surface area contributed by atoms with E-state index >= 15 is 0 Å². The molecular weight excluding hydrogens is 570 g/mol. The summed E-state index contributed by atoms with van der Waals surface area (Å²) in [6, 6.07) is 29.0. The first-order valence-corrected chi connectivity index (χ1v) is 15.4. The van der Waals surface area contributed by atoms with E-state index in [0.29, 0.717) is 5.02 Å². The SMILES string of the molecule is CNC(=O)[C@H](Cc1ccccc1)N(Cc1ccc(C)cc1)C(=O)CN(c1ccc(C)c(Cl)c1)S(=O)(=O)c1ccccc1. The first kappa shape index (κ1) is 30.8. The zero-order valence-corrected chi connectivity index (χ0v) is 25.4. The van der Waals surface area contributed by atoms with E-state index in [0.717, 1.165) is 26.6 Å². The minimum Gasteiger partial charge on any atom is -0.357 e. The summed E-state index contributed by atoms with van der Waals surface area (Å²) in [6.45, 7) is 3.35. The highest BCUT2D eigenvalue weighted by atomic mass is 35.5. The molecule has 0 saturated heterocycles. The average Bonchev–Trinajstić information content (AvgIpc) is 3.00. The first-order chi connectivity index (χ1) is 20.1. The number of carbonyl (C=O) groups excluding carboxylic acids is 2. The number of carbonyl (C=O) groups is 2. The number of sulfonamides is 1. The molecule has 7 nitrogen and oxygen atoms in total. The van der Waals surface area contributed by atoms with Crippen molar-refractivity contribution in [1.29, 1.82) is 0 Å². The molecule has 0 aliphatic carbocycles. The molecule has 0 aliphatic rings. The molecule has 42 heavy (non-hydrogen) atoms. The topological polar surface area (TPSA) is 86.8 Å². The molecule has 0 aliphatic heterocycles.